The Balaban J connectivity index is 2.13. The van der Waals surface area contributed by atoms with Gasteiger partial charge in [-0.05, 0) is 37.1 Å². The molecule has 2 nitrogen and oxygen atoms in total. The van der Waals surface area contributed by atoms with Gasteiger partial charge in [0.05, 0.1) is 0 Å². The summed E-state index contributed by atoms with van der Waals surface area (Å²) in [6, 6.07) is 9.43. The summed E-state index contributed by atoms with van der Waals surface area (Å²) in [4.78, 5) is 2.66. The maximum Gasteiger partial charge on any atom is 0.0349 e. The third-order valence-corrected chi connectivity index (χ3v) is 4.37. The highest BCUT2D eigenvalue weighted by Crippen LogP contribution is 2.28. The lowest BCUT2D eigenvalue weighted by Crippen LogP contribution is -2.32. The van der Waals surface area contributed by atoms with E-state index in [1.165, 1.54) is 48.8 Å². The van der Waals surface area contributed by atoms with Gasteiger partial charge in [-0.3, -0.25) is 4.90 Å². The molecule has 0 aliphatic carbocycles. The van der Waals surface area contributed by atoms with Gasteiger partial charge in [0.2, 0.25) is 0 Å². The molecule has 1 heterocycles. The van der Waals surface area contributed by atoms with E-state index in [0.717, 1.165) is 13.1 Å². The summed E-state index contributed by atoms with van der Waals surface area (Å²) in [5.74, 6) is 0. The molecule has 1 atom stereocenters. The normalized spacial score (nSPS) is 19.1. The maximum absolute atomic E-state index is 3.61. The van der Waals surface area contributed by atoms with Crippen LogP contribution >= 0.6 is 15.9 Å². The van der Waals surface area contributed by atoms with E-state index in [0.29, 0.717) is 6.04 Å². The molecule has 1 unspecified atom stereocenters. The van der Waals surface area contributed by atoms with Crippen molar-refractivity contribution in [2.75, 3.05) is 26.2 Å². The van der Waals surface area contributed by atoms with Gasteiger partial charge in [-0.2, -0.15) is 0 Å². The lowest BCUT2D eigenvalue weighted by molar-refractivity contribution is 0.197. The van der Waals surface area contributed by atoms with E-state index in [1.807, 2.05) is 0 Å². The zero-order valence-corrected chi connectivity index (χ0v) is 13.5. The molecule has 0 saturated carbocycles. The van der Waals surface area contributed by atoms with E-state index >= 15 is 0 Å². The van der Waals surface area contributed by atoms with Crippen LogP contribution in [0, 0.1) is 0 Å². The van der Waals surface area contributed by atoms with Crippen LogP contribution in [0.3, 0.4) is 0 Å². The molecule has 106 valence electrons. The SMILES string of the molecule is CCCCC(c1cccc(Br)c1)N1CCCNCC1. The number of benzene rings is 1. The van der Waals surface area contributed by atoms with Gasteiger partial charge in [-0.1, -0.05) is 47.8 Å². The monoisotopic (exact) mass is 324 g/mol. The first-order valence-corrected chi connectivity index (χ1v) is 8.31. The van der Waals surface area contributed by atoms with Crippen LogP contribution in [0.4, 0.5) is 0 Å². The molecule has 1 aliphatic heterocycles. The summed E-state index contributed by atoms with van der Waals surface area (Å²) in [5.41, 5.74) is 1.46. The average Bonchev–Trinajstić information content (AvgIpc) is 2.68. The lowest BCUT2D eigenvalue weighted by atomic mass is 9.99. The summed E-state index contributed by atoms with van der Waals surface area (Å²) in [6.07, 6.45) is 5.11. The Bertz CT molecular complexity index is 373. The maximum atomic E-state index is 3.61. The Hall–Kier alpha value is -0.380. The molecule has 0 aromatic heterocycles. The average molecular weight is 325 g/mol. The molecular formula is C16H25BrN2. The fourth-order valence-corrected chi connectivity index (χ4v) is 3.27. The van der Waals surface area contributed by atoms with Crippen LogP contribution in [0.1, 0.15) is 44.2 Å². The molecule has 19 heavy (non-hydrogen) atoms. The minimum absolute atomic E-state index is 0.581. The minimum atomic E-state index is 0.581. The predicted octanol–water partition coefficient (Wildman–Crippen LogP) is 3.98. The van der Waals surface area contributed by atoms with Crippen LogP contribution in [0.15, 0.2) is 28.7 Å². The number of nitrogens with one attached hydrogen (secondary N) is 1. The summed E-state index contributed by atoms with van der Waals surface area (Å²) < 4.78 is 1.19. The van der Waals surface area contributed by atoms with Gasteiger partial charge in [0, 0.05) is 30.1 Å². The smallest absolute Gasteiger partial charge is 0.0349 e. The fraction of sp³-hybridized carbons (Fsp3) is 0.625. The minimum Gasteiger partial charge on any atom is -0.315 e. The highest BCUT2D eigenvalue weighted by atomic mass is 79.9. The highest BCUT2D eigenvalue weighted by Gasteiger charge is 2.20. The van der Waals surface area contributed by atoms with Crippen LogP contribution in [0.5, 0.6) is 0 Å². The number of rotatable bonds is 5. The zero-order valence-electron chi connectivity index (χ0n) is 11.9. The molecule has 3 heteroatoms. The number of halogens is 1. The molecule has 1 fully saturated rings. The Morgan fingerprint density at radius 1 is 1.32 bits per heavy atom. The standard InChI is InChI=1S/C16H25BrN2/c1-2-3-8-16(14-6-4-7-15(17)13-14)19-11-5-9-18-10-12-19/h4,6-7,13,16,18H,2-3,5,8-12H2,1H3. The third-order valence-electron chi connectivity index (χ3n) is 3.88. The second-order valence-electron chi connectivity index (χ2n) is 5.35. The molecule has 1 aliphatic rings. The van der Waals surface area contributed by atoms with Gasteiger partial charge in [0.15, 0.2) is 0 Å². The van der Waals surface area contributed by atoms with Gasteiger partial charge >= 0.3 is 0 Å². The van der Waals surface area contributed by atoms with Crippen molar-refractivity contribution in [1.82, 2.24) is 10.2 Å². The zero-order chi connectivity index (χ0) is 13.5. The summed E-state index contributed by atoms with van der Waals surface area (Å²) in [6.45, 7) is 6.95. The molecule has 1 saturated heterocycles. The van der Waals surface area contributed by atoms with Gasteiger partial charge in [-0.15, -0.1) is 0 Å². The molecule has 0 spiro atoms. The molecule has 1 N–H and O–H groups in total. The molecule has 0 radical (unpaired) electrons. The third kappa shape index (κ3) is 4.59. The van der Waals surface area contributed by atoms with Crippen LogP contribution < -0.4 is 5.32 Å². The van der Waals surface area contributed by atoms with Crippen molar-refractivity contribution in [3.05, 3.63) is 34.3 Å². The topological polar surface area (TPSA) is 15.3 Å². The second kappa shape index (κ2) is 8.03. The van der Waals surface area contributed by atoms with Crippen molar-refractivity contribution in [3.8, 4) is 0 Å². The summed E-state index contributed by atoms with van der Waals surface area (Å²) in [5, 5.41) is 3.50. The second-order valence-corrected chi connectivity index (χ2v) is 6.27. The quantitative estimate of drug-likeness (QED) is 0.881. The molecule has 2 rings (SSSR count). The van der Waals surface area contributed by atoms with Gasteiger partial charge in [0.25, 0.3) is 0 Å². The van der Waals surface area contributed by atoms with Gasteiger partial charge in [-0.25, -0.2) is 0 Å². The fourth-order valence-electron chi connectivity index (χ4n) is 2.85. The van der Waals surface area contributed by atoms with Crippen LogP contribution in [0.2, 0.25) is 0 Å². The first-order valence-electron chi connectivity index (χ1n) is 7.51. The van der Waals surface area contributed by atoms with E-state index in [1.54, 1.807) is 0 Å². The molecule has 1 aromatic rings. The van der Waals surface area contributed by atoms with E-state index in [2.05, 4.69) is 57.3 Å². The Labute approximate surface area is 125 Å². The van der Waals surface area contributed by atoms with Crippen molar-refractivity contribution in [2.45, 2.75) is 38.6 Å². The predicted molar refractivity (Wildman–Crippen MR) is 85.5 cm³/mol. The van der Waals surface area contributed by atoms with E-state index in [9.17, 15) is 0 Å². The number of hydrogen-bond donors (Lipinski definition) is 1. The molecule has 0 amide bonds. The van der Waals surface area contributed by atoms with Crippen molar-refractivity contribution < 1.29 is 0 Å². The van der Waals surface area contributed by atoms with Crippen LogP contribution in [0.25, 0.3) is 0 Å². The lowest BCUT2D eigenvalue weighted by Gasteiger charge is -2.31. The van der Waals surface area contributed by atoms with Crippen LogP contribution in [-0.2, 0) is 0 Å². The molecule has 1 aromatic carbocycles. The Morgan fingerprint density at radius 2 is 2.21 bits per heavy atom. The van der Waals surface area contributed by atoms with Crippen molar-refractivity contribution >= 4 is 15.9 Å². The number of nitrogens with zero attached hydrogens (tertiary/aromatic N) is 1. The van der Waals surface area contributed by atoms with Crippen molar-refractivity contribution in [2.24, 2.45) is 0 Å². The Kier molecular flexibility index (Phi) is 6.35. The van der Waals surface area contributed by atoms with Crippen molar-refractivity contribution in [1.29, 1.82) is 0 Å². The number of unbranched alkanes of at least 4 members (excludes halogenated alkanes) is 1. The summed E-state index contributed by atoms with van der Waals surface area (Å²) >= 11 is 3.61. The first kappa shape index (κ1) is 15.0. The van der Waals surface area contributed by atoms with E-state index < -0.39 is 0 Å². The largest absolute Gasteiger partial charge is 0.315 e. The molecule has 0 bridgehead atoms. The van der Waals surface area contributed by atoms with E-state index in [-0.39, 0.29) is 0 Å². The Morgan fingerprint density at radius 3 is 3.00 bits per heavy atom. The highest BCUT2D eigenvalue weighted by molar-refractivity contribution is 9.10. The van der Waals surface area contributed by atoms with Crippen LogP contribution in [-0.4, -0.2) is 31.1 Å². The van der Waals surface area contributed by atoms with Gasteiger partial charge < -0.3 is 5.32 Å². The van der Waals surface area contributed by atoms with E-state index in [4.69, 9.17) is 0 Å². The first-order chi connectivity index (χ1) is 9.31. The number of hydrogen-bond acceptors (Lipinski definition) is 2. The van der Waals surface area contributed by atoms with Gasteiger partial charge in [0.1, 0.15) is 0 Å². The molecular weight excluding hydrogens is 300 g/mol. The van der Waals surface area contributed by atoms with Crippen molar-refractivity contribution in [3.63, 3.8) is 0 Å². The summed E-state index contributed by atoms with van der Waals surface area (Å²) in [7, 11) is 0.